The lowest BCUT2D eigenvalue weighted by Crippen LogP contribution is -2.29. The second-order valence-corrected chi connectivity index (χ2v) is 5.43. The van der Waals surface area contributed by atoms with Crippen molar-refractivity contribution in [1.29, 1.82) is 0 Å². The third kappa shape index (κ3) is 3.29. The van der Waals surface area contributed by atoms with Crippen LogP contribution in [0.15, 0.2) is 22.7 Å². The summed E-state index contributed by atoms with van der Waals surface area (Å²) < 4.78 is 14.0. The van der Waals surface area contributed by atoms with E-state index < -0.39 is 0 Å². The first-order valence-corrected chi connectivity index (χ1v) is 6.66. The predicted molar refractivity (Wildman–Crippen MR) is 67.7 cm³/mol. The molecule has 1 aliphatic carbocycles. The molecule has 2 rings (SSSR count). The summed E-state index contributed by atoms with van der Waals surface area (Å²) in [6.45, 7) is 2.96. The van der Waals surface area contributed by atoms with Crippen molar-refractivity contribution < 1.29 is 4.39 Å². The van der Waals surface area contributed by atoms with Crippen molar-refractivity contribution in [3.05, 3.63) is 34.1 Å². The molecule has 3 heteroatoms. The fourth-order valence-corrected chi connectivity index (χ4v) is 2.62. The molecule has 1 saturated carbocycles. The van der Waals surface area contributed by atoms with E-state index in [4.69, 9.17) is 0 Å². The molecular weight excluding hydrogens is 269 g/mol. The predicted octanol–water partition coefficient (Wildman–Crippen LogP) is 3.87. The van der Waals surface area contributed by atoms with E-state index in [0.29, 0.717) is 6.04 Å². The first-order valence-electron chi connectivity index (χ1n) is 5.87. The number of benzene rings is 1. The molecule has 1 aromatic rings. The van der Waals surface area contributed by atoms with Crippen LogP contribution in [0.2, 0.25) is 0 Å². The van der Waals surface area contributed by atoms with Crippen LogP contribution >= 0.6 is 15.9 Å². The van der Waals surface area contributed by atoms with Crippen LogP contribution in [0.5, 0.6) is 0 Å². The van der Waals surface area contributed by atoms with Gasteiger partial charge in [-0.1, -0.05) is 22.9 Å². The van der Waals surface area contributed by atoms with Gasteiger partial charge < -0.3 is 5.32 Å². The molecule has 0 aliphatic heterocycles. The second-order valence-electron chi connectivity index (χ2n) is 4.51. The van der Waals surface area contributed by atoms with Crippen molar-refractivity contribution in [3.8, 4) is 0 Å². The monoisotopic (exact) mass is 285 g/mol. The fraction of sp³-hybridized carbons (Fsp3) is 0.538. The van der Waals surface area contributed by atoms with Gasteiger partial charge in [0.25, 0.3) is 0 Å². The van der Waals surface area contributed by atoms with E-state index in [0.717, 1.165) is 28.9 Å². The Morgan fingerprint density at radius 2 is 2.19 bits per heavy atom. The summed E-state index contributed by atoms with van der Waals surface area (Å²) in [4.78, 5) is 0. The minimum atomic E-state index is -0.175. The van der Waals surface area contributed by atoms with Gasteiger partial charge in [0, 0.05) is 17.1 Å². The average molecular weight is 286 g/mol. The maximum Gasteiger partial charge on any atom is 0.124 e. The maximum atomic E-state index is 13.1. The minimum absolute atomic E-state index is 0.175. The summed E-state index contributed by atoms with van der Waals surface area (Å²) in [5.74, 6) is 0.674. The molecule has 1 N–H and O–H groups in total. The zero-order valence-electron chi connectivity index (χ0n) is 9.47. The van der Waals surface area contributed by atoms with Crippen LogP contribution in [0, 0.1) is 11.7 Å². The highest BCUT2D eigenvalue weighted by molar-refractivity contribution is 9.10. The van der Waals surface area contributed by atoms with E-state index in [1.165, 1.54) is 18.9 Å². The number of rotatable bonds is 5. The smallest absolute Gasteiger partial charge is 0.124 e. The number of hydrogen-bond acceptors (Lipinski definition) is 1. The van der Waals surface area contributed by atoms with E-state index in [1.54, 1.807) is 6.07 Å². The molecule has 1 fully saturated rings. The quantitative estimate of drug-likeness (QED) is 0.866. The summed E-state index contributed by atoms with van der Waals surface area (Å²) in [5.41, 5.74) is 1.01. The summed E-state index contributed by atoms with van der Waals surface area (Å²) in [5, 5.41) is 3.51. The highest BCUT2D eigenvalue weighted by Crippen LogP contribution is 2.34. The first kappa shape index (κ1) is 12.1. The number of nitrogens with one attached hydrogen (secondary N) is 1. The molecule has 88 valence electrons. The molecule has 0 spiro atoms. The summed E-state index contributed by atoms with van der Waals surface area (Å²) in [7, 11) is 0. The largest absolute Gasteiger partial charge is 0.310 e. The van der Waals surface area contributed by atoms with Gasteiger partial charge in [-0.15, -0.1) is 0 Å². The molecule has 0 heterocycles. The Bertz CT molecular complexity index is 343. The summed E-state index contributed by atoms with van der Waals surface area (Å²) >= 11 is 3.31. The van der Waals surface area contributed by atoms with Gasteiger partial charge in [0.1, 0.15) is 5.82 Å². The highest BCUT2D eigenvalue weighted by Gasteiger charge is 2.29. The van der Waals surface area contributed by atoms with E-state index >= 15 is 0 Å². The van der Waals surface area contributed by atoms with E-state index in [-0.39, 0.29) is 5.82 Å². The fourth-order valence-electron chi connectivity index (χ4n) is 2.10. The number of halogens is 2. The molecule has 1 unspecified atom stereocenters. The Morgan fingerprint density at radius 1 is 1.44 bits per heavy atom. The van der Waals surface area contributed by atoms with Gasteiger partial charge in [-0.05, 0) is 48.9 Å². The molecule has 1 nitrogen and oxygen atoms in total. The van der Waals surface area contributed by atoms with Crippen molar-refractivity contribution in [2.75, 3.05) is 0 Å². The van der Waals surface area contributed by atoms with E-state index in [1.807, 2.05) is 6.07 Å². The van der Waals surface area contributed by atoms with Crippen LogP contribution in [0.4, 0.5) is 4.39 Å². The number of hydrogen-bond donors (Lipinski definition) is 1. The van der Waals surface area contributed by atoms with Gasteiger partial charge in [-0.3, -0.25) is 0 Å². The molecule has 1 atom stereocenters. The van der Waals surface area contributed by atoms with Gasteiger partial charge in [0.15, 0.2) is 0 Å². The first-order chi connectivity index (χ1) is 7.69. The summed E-state index contributed by atoms with van der Waals surface area (Å²) in [6.07, 6.45) is 3.85. The van der Waals surface area contributed by atoms with Crippen LogP contribution in [0.3, 0.4) is 0 Å². The lowest BCUT2D eigenvalue weighted by Gasteiger charge is -2.16. The lowest BCUT2D eigenvalue weighted by atomic mass is 10.1. The van der Waals surface area contributed by atoms with Crippen LogP contribution in [0.1, 0.15) is 31.7 Å². The lowest BCUT2D eigenvalue weighted by molar-refractivity contribution is 0.448. The Hall–Kier alpha value is -0.410. The molecule has 0 amide bonds. The van der Waals surface area contributed by atoms with Gasteiger partial charge in [-0.25, -0.2) is 4.39 Å². The van der Waals surface area contributed by atoms with Crippen LogP contribution in [-0.2, 0) is 6.54 Å². The van der Waals surface area contributed by atoms with Crippen molar-refractivity contribution in [1.82, 2.24) is 5.32 Å². The van der Waals surface area contributed by atoms with Crippen LogP contribution in [-0.4, -0.2) is 6.04 Å². The molecule has 1 aromatic carbocycles. The molecule has 0 aromatic heterocycles. The van der Waals surface area contributed by atoms with Gasteiger partial charge >= 0.3 is 0 Å². The normalized spacial score (nSPS) is 17.4. The van der Waals surface area contributed by atoms with Gasteiger partial charge in [0.2, 0.25) is 0 Å². The minimum Gasteiger partial charge on any atom is -0.310 e. The molecule has 0 bridgehead atoms. The molecule has 16 heavy (non-hydrogen) atoms. The molecule has 0 saturated heterocycles. The Morgan fingerprint density at radius 3 is 2.75 bits per heavy atom. The zero-order valence-corrected chi connectivity index (χ0v) is 11.1. The molecule has 1 aliphatic rings. The van der Waals surface area contributed by atoms with Crippen LogP contribution < -0.4 is 5.32 Å². The highest BCUT2D eigenvalue weighted by atomic mass is 79.9. The second kappa shape index (κ2) is 5.28. The van der Waals surface area contributed by atoms with E-state index in [9.17, 15) is 4.39 Å². The molecular formula is C13H17BrFN. The summed E-state index contributed by atoms with van der Waals surface area (Å²) in [6, 6.07) is 5.65. The van der Waals surface area contributed by atoms with Crippen LogP contribution in [0.25, 0.3) is 0 Å². The van der Waals surface area contributed by atoms with Gasteiger partial charge in [-0.2, -0.15) is 0 Å². The Labute approximate surface area is 105 Å². The zero-order chi connectivity index (χ0) is 11.5. The van der Waals surface area contributed by atoms with Gasteiger partial charge in [0.05, 0.1) is 0 Å². The topological polar surface area (TPSA) is 12.0 Å². The molecule has 0 radical (unpaired) electrons. The Kier molecular flexibility index (Phi) is 3.98. The third-order valence-electron chi connectivity index (χ3n) is 3.12. The SMILES string of the molecule is CCC(NCc1cc(F)cc(Br)c1)C1CC1. The van der Waals surface area contributed by atoms with Crippen molar-refractivity contribution >= 4 is 15.9 Å². The van der Waals surface area contributed by atoms with Crippen molar-refractivity contribution in [2.24, 2.45) is 5.92 Å². The third-order valence-corrected chi connectivity index (χ3v) is 3.58. The average Bonchev–Trinajstić information content (AvgIpc) is 3.01. The Balaban J connectivity index is 1.92. The maximum absolute atomic E-state index is 13.1. The van der Waals surface area contributed by atoms with Crippen molar-refractivity contribution in [3.63, 3.8) is 0 Å². The van der Waals surface area contributed by atoms with Crippen molar-refractivity contribution in [2.45, 2.75) is 38.8 Å². The van der Waals surface area contributed by atoms with E-state index in [2.05, 4.69) is 28.2 Å². The standard InChI is InChI=1S/C13H17BrFN/c1-2-13(10-3-4-10)16-8-9-5-11(14)7-12(15)6-9/h5-7,10,13,16H,2-4,8H2,1H3.